The third-order valence-electron chi connectivity index (χ3n) is 2.52. The molecule has 1 aromatic heterocycles. The first kappa shape index (κ1) is 14.2. The minimum absolute atomic E-state index is 0.0775. The maximum absolute atomic E-state index is 12.1. The van der Waals surface area contributed by atoms with Crippen LogP contribution in [0, 0.1) is 0 Å². The van der Waals surface area contributed by atoms with Crippen LogP contribution >= 0.6 is 0 Å². The normalized spacial score (nSPS) is 11.0. The van der Waals surface area contributed by atoms with Crippen LogP contribution < -0.4 is 0 Å². The van der Waals surface area contributed by atoms with Gasteiger partial charge in [0.1, 0.15) is 6.54 Å². The van der Waals surface area contributed by atoms with Crippen LogP contribution in [0.5, 0.6) is 0 Å². The summed E-state index contributed by atoms with van der Waals surface area (Å²) in [5.74, 6) is -1.27. The molecule has 6 heteroatoms. The number of carbonyl (C=O) groups is 2. The van der Waals surface area contributed by atoms with E-state index in [0.29, 0.717) is 5.69 Å². The Morgan fingerprint density at radius 1 is 1.39 bits per heavy atom. The molecular formula is C12H18N2O4. The molecule has 0 radical (unpaired) electrons. The van der Waals surface area contributed by atoms with E-state index in [1.807, 2.05) is 13.8 Å². The summed E-state index contributed by atoms with van der Waals surface area (Å²) in [6.07, 6.45) is 0. The molecule has 18 heavy (non-hydrogen) atoms. The van der Waals surface area contributed by atoms with Gasteiger partial charge in [-0.1, -0.05) is 19.0 Å². The maximum Gasteiger partial charge on any atom is 0.323 e. The van der Waals surface area contributed by atoms with Gasteiger partial charge in [0, 0.05) is 12.1 Å². The van der Waals surface area contributed by atoms with E-state index in [0.717, 1.165) is 0 Å². The van der Waals surface area contributed by atoms with Crippen LogP contribution in [0.15, 0.2) is 10.6 Å². The second kappa shape index (κ2) is 5.66. The van der Waals surface area contributed by atoms with Gasteiger partial charge in [-0.05, 0) is 19.8 Å². The molecule has 0 bridgehead atoms. The molecule has 0 spiro atoms. The minimum Gasteiger partial charge on any atom is -0.480 e. The molecule has 6 nitrogen and oxygen atoms in total. The van der Waals surface area contributed by atoms with E-state index < -0.39 is 11.9 Å². The number of amides is 1. The van der Waals surface area contributed by atoms with Crippen molar-refractivity contribution in [3.63, 3.8) is 0 Å². The van der Waals surface area contributed by atoms with Gasteiger partial charge in [0.25, 0.3) is 5.91 Å². The summed E-state index contributed by atoms with van der Waals surface area (Å²) in [7, 11) is 0. The average molecular weight is 254 g/mol. The Balaban J connectivity index is 2.91. The van der Waals surface area contributed by atoms with Gasteiger partial charge >= 0.3 is 5.97 Å². The Kier molecular flexibility index (Phi) is 4.47. The van der Waals surface area contributed by atoms with Crippen LogP contribution in [0.1, 0.15) is 49.9 Å². The van der Waals surface area contributed by atoms with Gasteiger partial charge < -0.3 is 14.5 Å². The molecule has 0 atom stereocenters. The van der Waals surface area contributed by atoms with Gasteiger partial charge in [-0.25, -0.2) is 0 Å². The van der Waals surface area contributed by atoms with Crippen molar-refractivity contribution in [2.24, 2.45) is 0 Å². The highest BCUT2D eigenvalue weighted by atomic mass is 16.5. The Bertz CT molecular complexity index is 437. The number of hydrogen-bond donors (Lipinski definition) is 1. The number of nitrogens with zero attached hydrogens (tertiary/aromatic N) is 2. The lowest BCUT2D eigenvalue weighted by Crippen LogP contribution is -2.40. The van der Waals surface area contributed by atoms with Crippen LogP contribution in [-0.2, 0) is 4.79 Å². The molecule has 0 fully saturated rings. The molecule has 1 amide bonds. The Morgan fingerprint density at radius 2 is 2.00 bits per heavy atom. The number of carboxylic acid groups (broad SMARTS) is 1. The molecule has 1 heterocycles. The van der Waals surface area contributed by atoms with Crippen LogP contribution in [0.3, 0.4) is 0 Å². The van der Waals surface area contributed by atoms with Crippen LogP contribution in [0.25, 0.3) is 0 Å². The molecule has 0 saturated heterocycles. The number of hydrogen-bond acceptors (Lipinski definition) is 4. The summed E-state index contributed by atoms with van der Waals surface area (Å²) < 4.78 is 4.97. The zero-order chi connectivity index (χ0) is 13.9. The van der Waals surface area contributed by atoms with Crippen molar-refractivity contribution in [3.05, 3.63) is 17.5 Å². The Labute approximate surface area is 106 Å². The first-order valence-electron chi connectivity index (χ1n) is 5.82. The van der Waals surface area contributed by atoms with Crippen LogP contribution in [0.2, 0.25) is 0 Å². The predicted octanol–water partition coefficient (Wildman–Crippen LogP) is 1.73. The first-order chi connectivity index (χ1) is 8.32. The van der Waals surface area contributed by atoms with E-state index in [-0.39, 0.29) is 24.3 Å². The van der Waals surface area contributed by atoms with E-state index in [2.05, 4.69) is 5.16 Å². The van der Waals surface area contributed by atoms with E-state index in [9.17, 15) is 9.59 Å². The number of carbonyl (C=O) groups excluding carboxylic acids is 1. The summed E-state index contributed by atoms with van der Waals surface area (Å²) in [6.45, 7) is 7.02. The van der Waals surface area contributed by atoms with E-state index in [1.54, 1.807) is 19.9 Å². The van der Waals surface area contributed by atoms with Gasteiger partial charge in [0.15, 0.2) is 0 Å². The van der Waals surface area contributed by atoms with E-state index in [4.69, 9.17) is 9.63 Å². The van der Waals surface area contributed by atoms with Gasteiger partial charge in [-0.3, -0.25) is 9.59 Å². The van der Waals surface area contributed by atoms with Crippen molar-refractivity contribution in [1.82, 2.24) is 10.1 Å². The third-order valence-corrected chi connectivity index (χ3v) is 2.52. The van der Waals surface area contributed by atoms with Crippen LogP contribution in [-0.4, -0.2) is 39.6 Å². The molecular weight excluding hydrogens is 236 g/mol. The highest BCUT2D eigenvalue weighted by molar-refractivity contribution is 5.93. The van der Waals surface area contributed by atoms with Crippen molar-refractivity contribution in [1.29, 1.82) is 0 Å². The monoisotopic (exact) mass is 254 g/mol. The molecule has 0 aliphatic heterocycles. The fourth-order valence-electron chi connectivity index (χ4n) is 1.44. The number of rotatable bonds is 5. The quantitative estimate of drug-likeness (QED) is 0.865. The highest BCUT2D eigenvalue weighted by Crippen LogP contribution is 2.16. The minimum atomic E-state index is -1.05. The van der Waals surface area contributed by atoms with Crippen molar-refractivity contribution in [2.75, 3.05) is 6.54 Å². The summed E-state index contributed by atoms with van der Waals surface area (Å²) in [5.41, 5.74) is 0.678. The largest absolute Gasteiger partial charge is 0.480 e. The first-order valence-corrected chi connectivity index (χ1v) is 5.82. The van der Waals surface area contributed by atoms with Crippen LogP contribution in [0.4, 0.5) is 0 Å². The average Bonchev–Trinajstić information content (AvgIpc) is 2.73. The molecule has 0 aliphatic carbocycles. The van der Waals surface area contributed by atoms with Gasteiger partial charge in [0.05, 0.1) is 5.69 Å². The number of aliphatic carboxylic acids is 1. The lowest BCUT2D eigenvalue weighted by Gasteiger charge is -2.23. The topological polar surface area (TPSA) is 83.6 Å². The molecule has 0 aliphatic rings. The molecule has 0 unspecified atom stereocenters. The van der Waals surface area contributed by atoms with E-state index in [1.165, 1.54) is 4.90 Å². The molecule has 1 N–H and O–H groups in total. The molecule has 1 rings (SSSR count). The fraction of sp³-hybridized carbons (Fsp3) is 0.583. The summed E-state index contributed by atoms with van der Waals surface area (Å²) in [4.78, 5) is 24.0. The number of aromatic nitrogens is 1. The third kappa shape index (κ3) is 3.32. The zero-order valence-electron chi connectivity index (χ0n) is 11.0. The molecule has 0 saturated carbocycles. The van der Waals surface area contributed by atoms with Gasteiger partial charge in [-0.2, -0.15) is 0 Å². The van der Waals surface area contributed by atoms with Crippen molar-refractivity contribution in [2.45, 2.75) is 39.7 Å². The smallest absolute Gasteiger partial charge is 0.323 e. The summed E-state index contributed by atoms with van der Waals surface area (Å²) in [5, 5.41) is 12.6. The van der Waals surface area contributed by atoms with Crippen molar-refractivity contribution >= 4 is 11.9 Å². The fourth-order valence-corrected chi connectivity index (χ4v) is 1.44. The van der Waals surface area contributed by atoms with E-state index >= 15 is 0 Å². The highest BCUT2D eigenvalue weighted by Gasteiger charge is 2.25. The van der Waals surface area contributed by atoms with Gasteiger partial charge in [0.2, 0.25) is 5.76 Å². The lowest BCUT2D eigenvalue weighted by atomic mass is 10.1. The van der Waals surface area contributed by atoms with Gasteiger partial charge in [-0.15, -0.1) is 0 Å². The number of carboxylic acids is 1. The Morgan fingerprint density at radius 3 is 2.39 bits per heavy atom. The molecule has 0 aromatic carbocycles. The summed E-state index contributed by atoms with van der Waals surface area (Å²) in [6, 6.07) is 1.34. The second-order valence-corrected chi connectivity index (χ2v) is 4.69. The Hall–Kier alpha value is -1.85. The second-order valence-electron chi connectivity index (χ2n) is 4.69. The molecule has 1 aromatic rings. The standard InChI is InChI=1S/C12H18N2O4/c1-7(2)9-5-10(18-13-9)12(17)14(8(3)4)6-11(15)16/h5,7-8H,6H2,1-4H3,(H,15,16). The predicted molar refractivity (Wildman–Crippen MR) is 64.4 cm³/mol. The lowest BCUT2D eigenvalue weighted by molar-refractivity contribution is -0.138. The maximum atomic E-state index is 12.1. The van der Waals surface area contributed by atoms with Crippen molar-refractivity contribution in [3.8, 4) is 0 Å². The SMILES string of the molecule is CC(C)c1cc(C(=O)N(CC(=O)O)C(C)C)on1. The molecule has 100 valence electrons. The summed E-state index contributed by atoms with van der Waals surface area (Å²) >= 11 is 0. The van der Waals surface area contributed by atoms with Crippen molar-refractivity contribution < 1.29 is 19.2 Å². The zero-order valence-corrected chi connectivity index (χ0v) is 11.0.